The Labute approximate surface area is 123 Å². The van der Waals surface area contributed by atoms with Gasteiger partial charge < -0.3 is 10.0 Å². The molecule has 1 aliphatic rings. The van der Waals surface area contributed by atoms with E-state index in [9.17, 15) is 19.7 Å². The number of aromatic carboxylic acids is 1. The summed E-state index contributed by atoms with van der Waals surface area (Å²) in [5, 5.41) is 23.4. The molecule has 1 amide bonds. The van der Waals surface area contributed by atoms with Gasteiger partial charge in [-0.25, -0.2) is 4.79 Å². The van der Waals surface area contributed by atoms with E-state index in [0.29, 0.717) is 0 Å². The SMILES string of the molecule is [N-]=[N+]=NCC1CC(=O)N(c2ccc(C(=O)O)cc2[N+](=O)[O-])C1. The van der Waals surface area contributed by atoms with Crippen molar-refractivity contribution in [1.29, 1.82) is 0 Å². The van der Waals surface area contributed by atoms with Gasteiger partial charge in [-0.2, -0.15) is 0 Å². The molecule has 1 unspecified atom stereocenters. The average Bonchev–Trinajstić information content (AvgIpc) is 2.85. The van der Waals surface area contributed by atoms with Crippen molar-refractivity contribution in [3.63, 3.8) is 0 Å². The van der Waals surface area contributed by atoms with Crippen molar-refractivity contribution in [2.45, 2.75) is 6.42 Å². The number of hydrogen-bond acceptors (Lipinski definition) is 5. The fourth-order valence-electron chi connectivity index (χ4n) is 2.32. The standard InChI is InChI=1S/C12H11N5O5/c13-15-14-5-7-3-11(18)16(6-7)9-2-1-8(12(19)20)4-10(9)17(21)22/h1-2,4,7H,3,5-6H2,(H,19,20). The van der Waals surface area contributed by atoms with Gasteiger partial charge in [0, 0.05) is 30.5 Å². The minimum absolute atomic E-state index is 0.0448. The highest BCUT2D eigenvalue weighted by molar-refractivity contribution is 5.99. The Morgan fingerprint density at radius 1 is 1.59 bits per heavy atom. The Kier molecular flexibility index (Phi) is 4.23. The van der Waals surface area contributed by atoms with Crippen LogP contribution in [0.2, 0.25) is 0 Å². The van der Waals surface area contributed by atoms with Gasteiger partial charge in [0.05, 0.1) is 10.5 Å². The molecular weight excluding hydrogens is 294 g/mol. The quantitative estimate of drug-likeness (QED) is 0.290. The number of carbonyl (C=O) groups excluding carboxylic acids is 1. The Hall–Kier alpha value is -3.13. The normalized spacial score (nSPS) is 17.2. The molecule has 2 rings (SSSR count). The highest BCUT2D eigenvalue weighted by Crippen LogP contribution is 2.33. The van der Waals surface area contributed by atoms with Gasteiger partial charge in [-0.15, -0.1) is 0 Å². The summed E-state index contributed by atoms with van der Waals surface area (Å²) in [6.07, 6.45) is 0.122. The minimum atomic E-state index is -1.29. The number of benzene rings is 1. The number of anilines is 1. The third-order valence-corrected chi connectivity index (χ3v) is 3.32. The Morgan fingerprint density at radius 3 is 2.91 bits per heavy atom. The molecule has 10 heteroatoms. The largest absolute Gasteiger partial charge is 0.478 e. The molecule has 1 aliphatic heterocycles. The van der Waals surface area contributed by atoms with Crippen molar-refractivity contribution in [2.24, 2.45) is 11.0 Å². The Morgan fingerprint density at radius 2 is 2.32 bits per heavy atom. The predicted octanol–water partition coefficient (Wildman–Crippen LogP) is 1.96. The number of nitro benzene ring substituents is 1. The summed E-state index contributed by atoms with van der Waals surface area (Å²) in [6, 6.07) is 3.37. The summed E-state index contributed by atoms with van der Waals surface area (Å²) in [5.41, 5.74) is 7.66. The van der Waals surface area contributed by atoms with Crippen LogP contribution in [0.15, 0.2) is 23.3 Å². The Balaban J connectivity index is 2.35. The lowest BCUT2D eigenvalue weighted by Crippen LogP contribution is -2.25. The number of rotatable bonds is 5. The van der Waals surface area contributed by atoms with Gasteiger partial charge in [0.1, 0.15) is 5.69 Å². The molecule has 22 heavy (non-hydrogen) atoms. The monoisotopic (exact) mass is 305 g/mol. The predicted molar refractivity (Wildman–Crippen MR) is 74.5 cm³/mol. The first-order chi connectivity index (χ1) is 10.4. The van der Waals surface area contributed by atoms with Crippen molar-refractivity contribution in [3.05, 3.63) is 44.3 Å². The van der Waals surface area contributed by atoms with Crippen LogP contribution in [0, 0.1) is 16.0 Å². The topological polar surface area (TPSA) is 150 Å². The molecule has 1 heterocycles. The molecule has 0 spiro atoms. The average molecular weight is 305 g/mol. The van der Waals surface area contributed by atoms with Gasteiger partial charge in [-0.05, 0) is 23.6 Å². The molecule has 114 valence electrons. The second kappa shape index (κ2) is 6.10. The van der Waals surface area contributed by atoms with Gasteiger partial charge >= 0.3 is 5.97 Å². The zero-order valence-corrected chi connectivity index (χ0v) is 11.2. The van der Waals surface area contributed by atoms with Crippen molar-refractivity contribution in [1.82, 2.24) is 0 Å². The summed E-state index contributed by atoms with van der Waals surface area (Å²) in [4.78, 5) is 37.1. The molecule has 1 N–H and O–H groups in total. The fraction of sp³-hybridized carbons (Fsp3) is 0.333. The maximum absolute atomic E-state index is 12.0. The van der Waals surface area contributed by atoms with Crippen LogP contribution in [0.1, 0.15) is 16.8 Å². The first-order valence-electron chi connectivity index (χ1n) is 6.27. The number of nitrogens with zero attached hydrogens (tertiary/aromatic N) is 5. The highest BCUT2D eigenvalue weighted by atomic mass is 16.6. The van der Waals surface area contributed by atoms with E-state index in [1.165, 1.54) is 17.0 Å². The third-order valence-electron chi connectivity index (χ3n) is 3.32. The summed E-state index contributed by atoms with van der Waals surface area (Å²) in [7, 11) is 0. The lowest BCUT2D eigenvalue weighted by atomic mass is 10.1. The van der Waals surface area contributed by atoms with E-state index >= 15 is 0 Å². The number of azide groups is 1. The molecule has 1 saturated heterocycles. The lowest BCUT2D eigenvalue weighted by Gasteiger charge is -2.16. The fourth-order valence-corrected chi connectivity index (χ4v) is 2.32. The Bertz CT molecular complexity index is 697. The summed E-state index contributed by atoms with van der Waals surface area (Å²) >= 11 is 0. The van der Waals surface area contributed by atoms with E-state index in [2.05, 4.69) is 10.0 Å². The number of carboxylic acids is 1. The maximum Gasteiger partial charge on any atom is 0.335 e. The van der Waals surface area contributed by atoms with Gasteiger partial charge in [-0.1, -0.05) is 5.11 Å². The maximum atomic E-state index is 12.0. The van der Waals surface area contributed by atoms with E-state index in [1.807, 2.05) is 0 Å². The molecular formula is C12H11N5O5. The van der Waals surface area contributed by atoms with E-state index in [4.69, 9.17) is 10.6 Å². The van der Waals surface area contributed by atoms with Crippen LogP contribution in [0.4, 0.5) is 11.4 Å². The van der Waals surface area contributed by atoms with E-state index in [0.717, 1.165) is 6.07 Å². The van der Waals surface area contributed by atoms with Gasteiger partial charge in [-0.3, -0.25) is 14.9 Å². The van der Waals surface area contributed by atoms with Crippen LogP contribution in [-0.2, 0) is 4.79 Å². The van der Waals surface area contributed by atoms with Crippen LogP contribution >= 0.6 is 0 Å². The number of carbonyl (C=O) groups is 2. The molecule has 0 aliphatic carbocycles. The second-order valence-electron chi connectivity index (χ2n) is 4.75. The zero-order valence-electron chi connectivity index (χ0n) is 11.2. The zero-order chi connectivity index (χ0) is 16.3. The molecule has 1 atom stereocenters. The molecule has 1 aromatic rings. The summed E-state index contributed by atoms with van der Waals surface area (Å²) < 4.78 is 0. The van der Waals surface area contributed by atoms with Crippen LogP contribution < -0.4 is 4.90 Å². The summed E-state index contributed by atoms with van der Waals surface area (Å²) in [5.74, 6) is -1.84. The van der Waals surface area contributed by atoms with Gasteiger partial charge in [0.2, 0.25) is 5.91 Å². The first-order valence-corrected chi connectivity index (χ1v) is 6.27. The van der Waals surface area contributed by atoms with Gasteiger partial charge in [0.15, 0.2) is 0 Å². The van der Waals surface area contributed by atoms with Crippen molar-refractivity contribution in [3.8, 4) is 0 Å². The molecule has 10 nitrogen and oxygen atoms in total. The number of hydrogen-bond donors (Lipinski definition) is 1. The van der Waals surface area contributed by atoms with Crippen molar-refractivity contribution in [2.75, 3.05) is 18.0 Å². The third kappa shape index (κ3) is 2.96. The summed E-state index contributed by atoms with van der Waals surface area (Å²) in [6.45, 7) is 0.310. The smallest absolute Gasteiger partial charge is 0.335 e. The van der Waals surface area contributed by atoms with Gasteiger partial charge in [0.25, 0.3) is 5.69 Å². The molecule has 0 saturated carbocycles. The molecule has 1 fully saturated rings. The first kappa shape index (κ1) is 15.3. The molecule has 0 bridgehead atoms. The molecule has 0 aromatic heterocycles. The van der Waals surface area contributed by atoms with Crippen molar-refractivity contribution < 1.29 is 19.6 Å². The number of amides is 1. The van der Waals surface area contributed by atoms with E-state index < -0.39 is 16.6 Å². The lowest BCUT2D eigenvalue weighted by molar-refractivity contribution is -0.384. The van der Waals surface area contributed by atoms with Crippen molar-refractivity contribution >= 4 is 23.3 Å². The molecule has 1 aromatic carbocycles. The molecule has 0 radical (unpaired) electrons. The number of nitro groups is 1. The van der Waals surface area contributed by atoms with Crippen LogP contribution in [0.5, 0.6) is 0 Å². The second-order valence-corrected chi connectivity index (χ2v) is 4.75. The van der Waals surface area contributed by atoms with Crippen LogP contribution in [0.25, 0.3) is 10.4 Å². The van der Waals surface area contributed by atoms with Crippen LogP contribution in [0.3, 0.4) is 0 Å². The number of carboxylic acid groups (broad SMARTS) is 1. The highest BCUT2D eigenvalue weighted by Gasteiger charge is 2.34. The minimum Gasteiger partial charge on any atom is -0.478 e. The van der Waals surface area contributed by atoms with Crippen LogP contribution in [-0.4, -0.2) is 35.0 Å². The van der Waals surface area contributed by atoms with E-state index in [-0.39, 0.29) is 42.6 Å². The van der Waals surface area contributed by atoms with E-state index in [1.54, 1.807) is 0 Å².